The quantitative estimate of drug-likeness (QED) is 0.255. The van der Waals surface area contributed by atoms with E-state index in [1.807, 2.05) is 53.9 Å². The van der Waals surface area contributed by atoms with Crippen LogP contribution in [0, 0.1) is 19.7 Å². The van der Waals surface area contributed by atoms with Gasteiger partial charge in [0.05, 0.1) is 24.4 Å². The van der Waals surface area contributed by atoms with E-state index in [9.17, 15) is 9.18 Å². The summed E-state index contributed by atoms with van der Waals surface area (Å²) in [7, 11) is 0. The van der Waals surface area contributed by atoms with Gasteiger partial charge in [-0.15, -0.1) is 0 Å². The molecule has 1 amide bonds. The molecule has 2 aromatic carbocycles. The van der Waals surface area contributed by atoms with Crippen LogP contribution in [-0.4, -0.2) is 21.9 Å². The number of fused-ring (bicyclic) bond motifs is 1. The SMILES string of the molecule is CCCCCCOc1ccc(NC(=O)Cc2c(-c3ccc(F)c(C)c3)nc3ccc(C)cn23)cc1. The zero-order valence-electron chi connectivity index (χ0n) is 20.6. The second-order valence-corrected chi connectivity index (χ2v) is 8.96. The minimum atomic E-state index is -0.263. The van der Waals surface area contributed by atoms with Crippen LogP contribution in [0.2, 0.25) is 0 Å². The summed E-state index contributed by atoms with van der Waals surface area (Å²) >= 11 is 0. The van der Waals surface area contributed by atoms with Crippen LogP contribution in [0.4, 0.5) is 10.1 Å². The Labute approximate surface area is 206 Å². The van der Waals surface area contributed by atoms with Crippen molar-refractivity contribution in [2.24, 2.45) is 0 Å². The first-order valence-corrected chi connectivity index (χ1v) is 12.2. The molecule has 0 fully saturated rings. The number of nitrogens with zero attached hydrogens (tertiary/aromatic N) is 2. The van der Waals surface area contributed by atoms with Gasteiger partial charge in [-0.25, -0.2) is 9.37 Å². The molecule has 0 aliphatic carbocycles. The van der Waals surface area contributed by atoms with E-state index < -0.39 is 0 Å². The summed E-state index contributed by atoms with van der Waals surface area (Å²) in [5.41, 5.74) is 5.28. The molecule has 0 unspecified atom stereocenters. The lowest BCUT2D eigenvalue weighted by Gasteiger charge is -2.10. The van der Waals surface area contributed by atoms with Crippen molar-refractivity contribution in [2.75, 3.05) is 11.9 Å². The van der Waals surface area contributed by atoms with Crippen molar-refractivity contribution < 1.29 is 13.9 Å². The second kappa shape index (κ2) is 11.2. The van der Waals surface area contributed by atoms with Crippen molar-refractivity contribution in [1.29, 1.82) is 0 Å². The van der Waals surface area contributed by atoms with E-state index in [4.69, 9.17) is 9.72 Å². The van der Waals surface area contributed by atoms with Crippen LogP contribution in [0.3, 0.4) is 0 Å². The van der Waals surface area contributed by atoms with Crippen LogP contribution in [-0.2, 0) is 11.2 Å². The van der Waals surface area contributed by atoms with Gasteiger partial charge < -0.3 is 14.5 Å². The summed E-state index contributed by atoms with van der Waals surface area (Å²) in [5, 5.41) is 2.97. The van der Waals surface area contributed by atoms with Crippen LogP contribution < -0.4 is 10.1 Å². The summed E-state index contributed by atoms with van der Waals surface area (Å²) in [6.07, 6.45) is 6.74. The predicted octanol–water partition coefficient (Wildman–Crippen LogP) is 6.90. The van der Waals surface area contributed by atoms with Crippen molar-refractivity contribution >= 4 is 17.2 Å². The summed E-state index contributed by atoms with van der Waals surface area (Å²) in [4.78, 5) is 17.8. The second-order valence-electron chi connectivity index (χ2n) is 8.96. The Balaban J connectivity index is 1.50. The molecule has 0 spiro atoms. The van der Waals surface area contributed by atoms with Crippen molar-refractivity contribution in [2.45, 2.75) is 52.9 Å². The maximum Gasteiger partial charge on any atom is 0.230 e. The minimum Gasteiger partial charge on any atom is -0.494 e. The molecule has 0 saturated carbocycles. The standard InChI is InChI=1S/C29H32FN3O2/c1-4-5-6-7-16-35-24-12-10-23(11-13-24)31-28(34)18-26-29(22-9-14-25(30)21(3)17-22)32-27-15-8-20(2)19-33(26)27/h8-15,17,19H,4-7,16,18H2,1-3H3,(H,31,34). The molecular formula is C29H32FN3O2. The molecule has 0 bridgehead atoms. The van der Waals surface area contributed by atoms with Crippen molar-refractivity contribution in [3.05, 3.63) is 83.4 Å². The smallest absolute Gasteiger partial charge is 0.230 e. The molecule has 182 valence electrons. The van der Waals surface area contributed by atoms with E-state index >= 15 is 0 Å². The van der Waals surface area contributed by atoms with Crippen LogP contribution in [0.25, 0.3) is 16.9 Å². The van der Waals surface area contributed by atoms with Crippen molar-refractivity contribution in [1.82, 2.24) is 9.38 Å². The third-order valence-corrected chi connectivity index (χ3v) is 6.03. The number of benzene rings is 2. The van der Waals surface area contributed by atoms with Gasteiger partial charge in [-0.1, -0.05) is 32.3 Å². The number of pyridine rings is 1. The molecule has 0 saturated heterocycles. The fraction of sp³-hybridized carbons (Fsp3) is 0.310. The number of amides is 1. The van der Waals surface area contributed by atoms with E-state index in [0.29, 0.717) is 23.6 Å². The molecule has 0 atom stereocenters. The van der Waals surface area contributed by atoms with E-state index in [2.05, 4.69) is 12.2 Å². The molecule has 2 aromatic heterocycles. The van der Waals surface area contributed by atoms with Crippen LogP contribution >= 0.6 is 0 Å². The molecule has 4 aromatic rings. The molecule has 0 radical (unpaired) electrons. The van der Waals surface area contributed by atoms with Gasteiger partial charge >= 0.3 is 0 Å². The largest absolute Gasteiger partial charge is 0.494 e. The fourth-order valence-corrected chi connectivity index (χ4v) is 4.10. The number of halogens is 1. The summed E-state index contributed by atoms with van der Waals surface area (Å²) in [6, 6.07) is 16.3. The zero-order chi connectivity index (χ0) is 24.8. The molecule has 35 heavy (non-hydrogen) atoms. The van der Waals surface area contributed by atoms with E-state index in [0.717, 1.165) is 34.6 Å². The highest BCUT2D eigenvalue weighted by Gasteiger charge is 2.18. The van der Waals surface area contributed by atoms with E-state index in [1.165, 1.54) is 25.3 Å². The van der Waals surface area contributed by atoms with Crippen LogP contribution in [0.5, 0.6) is 5.75 Å². The Kier molecular flexibility index (Phi) is 7.80. The topological polar surface area (TPSA) is 55.6 Å². The maximum atomic E-state index is 13.9. The third-order valence-electron chi connectivity index (χ3n) is 6.03. The number of aromatic nitrogens is 2. The van der Waals surface area contributed by atoms with Gasteiger partial charge in [-0.2, -0.15) is 0 Å². The Hall–Kier alpha value is -3.67. The lowest BCUT2D eigenvalue weighted by atomic mass is 10.1. The number of anilines is 1. The van der Waals surface area contributed by atoms with Gasteiger partial charge in [0.2, 0.25) is 5.91 Å². The Morgan fingerprint density at radius 2 is 1.83 bits per heavy atom. The van der Waals surface area contributed by atoms with Gasteiger partial charge in [-0.05, 0) is 79.9 Å². The van der Waals surface area contributed by atoms with Gasteiger partial charge in [0.25, 0.3) is 0 Å². The highest BCUT2D eigenvalue weighted by molar-refractivity contribution is 5.93. The average Bonchev–Trinajstić information content (AvgIpc) is 3.19. The van der Waals surface area contributed by atoms with Crippen molar-refractivity contribution in [3.63, 3.8) is 0 Å². The number of aryl methyl sites for hydroxylation is 2. The molecule has 6 heteroatoms. The van der Waals surface area contributed by atoms with Gasteiger partial charge in [0.15, 0.2) is 0 Å². The fourth-order valence-electron chi connectivity index (χ4n) is 4.10. The third kappa shape index (κ3) is 6.07. The number of ether oxygens (including phenoxy) is 1. The number of carbonyl (C=O) groups is 1. The van der Waals surface area contributed by atoms with E-state index in [-0.39, 0.29) is 18.1 Å². The van der Waals surface area contributed by atoms with Gasteiger partial charge in [0, 0.05) is 17.4 Å². The number of imidazole rings is 1. The molecule has 1 N–H and O–H groups in total. The first-order valence-electron chi connectivity index (χ1n) is 12.2. The molecule has 0 aliphatic rings. The first-order chi connectivity index (χ1) is 16.9. The average molecular weight is 474 g/mol. The number of rotatable bonds is 10. The highest BCUT2D eigenvalue weighted by atomic mass is 19.1. The molecule has 4 rings (SSSR count). The Morgan fingerprint density at radius 1 is 1.03 bits per heavy atom. The Bertz CT molecular complexity index is 1310. The van der Waals surface area contributed by atoms with E-state index in [1.54, 1.807) is 19.1 Å². The number of nitrogens with one attached hydrogen (secondary N) is 1. The van der Waals surface area contributed by atoms with Crippen molar-refractivity contribution in [3.8, 4) is 17.0 Å². The molecule has 0 aliphatic heterocycles. The lowest BCUT2D eigenvalue weighted by molar-refractivity contribution is -0.115. The first kappa shape index (κ1) is 24.5. The number of carbonyl (C=O) groups excluding carboxylic acids is 1. The van der Waals surface area contributed by atoms with Crippen LogP contribution in [0.1, 0.15) is 49.4 Å². The lowest BCUT2D eigenvalue weighted by Crippen LogP contribution is -2.16. The summed E-state index contributed by atoms with van der Waals surface area (Å²) in [5.74, 6) is 0.383. The number of hydrogen-bond acceptors (Lipinski definition) is 3. The normalized spacial score (nSPS) is 11.1. The highest BCUT2D eigenvalue weighted by Crippen LogP contribution is 2.27. The number of unbranched alkanes of at least 4 members (excludes halogenated alkanes) is 3. The zero-order valence-corrected chi connectivity index (χ0v) is 20.6. The van der Waals surface area contributed by atoms with Crippen LogP contribution in [0.15, 0.2) is 60.8 Å². The van der Waals surface area contributed by atoms with Gasteiger partial charge in [-0.3, -0.25) is 4.79 Å². The Morgan fingerprint density at radius 3 is 2.57 bits per heavy atom. The molecule has 5 nitrogen and oxygen atoms in total. The monoisotopic (exact) mass is 473 g/mol. The molecular weight excluding hydrogens is 441 g/mol. The molecule has 2 heterocycles. The summed E-state index contributed by atoms with van der Waals surface area (Å²) < 4.78 is 21.6. The summed E-state index contributed by atoms with van der Waals surface area (Å²) in [6.45, 7) is 6.61. The maximum absolute atomic E-state index is 13.9. The minimum absolute atomic E-state index is 0.131. The predicted molar refractivity (Wildman–Crippen MR) is 138 cm³/mol. The van der Waals surface area contributed by atoms with Gasteiger partial charge in [0.1, 0.15) is 17.2 Å². The number of hydrogen-bond donors (Lipinski definition) is 1.